The molecule has 0 unspecified atom stereocenters. The maximum absolute atomic E-state index is 13.4. The number of pyridine rings is 1. The number of amides is 1. The van der Waals surface area contributed by atoms with Gasteiger partial charge in [-0.15, -0.1) is 0 Å². The Morgan fingerprint density at radius 1 is 1.43 bits per heavy atom. The Bertz CT molecular complexity index is 676. The molecule has 0 aliphatic rings. The number of anilines is 2. The second-order valence-corrected chi connectivity index (χ2v) is 5.32. The molecule has 1 heterocycles. The number of halogens is 2. The van der Waals surface area contributed by atoms with E-state index in [2.05, 4.69) is 31.5 Å². The molecule has 2 N–H and O–H groups in total. The zero-order valence-corrected chi connectivity index (χ0v) is 13.3. The zero-order chi connectivity index (χ0) is 15.4. The molecule has 110 valence electrons. The van der Waals surface area contributed by atoms with Gasteiger partial charge in [-0.25, -0.2) is 9.37 Å². The highest BCUT2D eigenvalue weighted by atomic mass is 79.9. The Balaban J connectivity index is 2.28. The molecule has 0 spiro atoms. The Hall–Kier alpha value is -1.95. The summed E-state index contributed by atoms with van der Waals surface area (Å²) in [6, 6.07) is 6.30. The van der Waals surface area contributed by atoms with E-state index in [9.17, 15) is 9.18 Å². The minimum absolute atomic E-state index is 0.291. The molecule has 4 nitrogen and oxygen atoms in total. The van der Waals surface area contributed by atoms with Gasteiger partial charge < -0.3 is 10.6 Å². The van der Waals surface area contributed by atoms with E-state index in [1.165, 1.54) is 6.07 Å². The van der Waals surface area contributed by atoms with Crippen LogP contribution >= 0.6 is 15.9 Å². The third-order valence-electron chi connectivity index (χ3n) is 2.91. The van der Waals surface area contributed by atoms with E-state index < -0.39 is 0 Å². The summed E-state index contributed by atoms with van der Waals surface area (Å²) in [4.78, 5) is 16.5. The minimum atomic E-state index is -0.361. The summed E-state index contributed by atoms with van der Waals surface area (Å²) >= 11 is 3.11. The Labute approximate surface area is 130 Å². The van der Waals surface area contributed by atoms with Gasteiger partial charge in [-0.3, -0.25) is 4.79 Å². The summed E-state index contributed by atoms with van der Waals surface area (Å²) in [5.41, 5.74) is 1.65. The fourth-order valence-electron chi connectivity index (χ4n) is 1.87. The monoisotopic (exact) mass is 351 g/mol. The molecule has 0 aliphatic carbocycles. The maximum Gasteiger partial charge on any atom is 0.259 e. The highest BCUT2D eigenvalue weighted by Gasteiger charge is 2.14. The van der Waals surface area contributed by atoms with Crippen molar-refractivity contribution in [2.45, 2.75) is 13.8 Å². The van der Waals surface area contributed by atoms with Crippen molar-refractivity contribution >= 4 is 33.3 Å². The van der Waals surface area contributed by atoms with E-state index in [1.807, 2.05) is 6.92 Å². The van der Waals surface area contributed by atoms with Crippen LogP contribution in [0.2, 0.25) is 0 Å². The topological polar surface area (TPSA) is 54.0 Å². The number of carbonyl (C=O) groups excluding carboxylic acids is 1. The average Bonchev–Trinajstić information content (AvgIpc) is 2.45. The first kappa shape index (κ1) is 15.4. The van der Waals surface area contributed by atoms with Crippen molar-refractivity contribution in [1.82, 2.24) is 4.98 Å². The summed E-state index contributed by atoms with van der Waals surface area (Å²) in [6.07, 6.45) is 1.62. The minimum Gasteiger partial charge on any atom is -0.370 e. The first-order valence-electron chi connectivity index (χ1n) is 6.48. The second-order valence-electron chi connectivity index (χ2n) is 4.47. The van der Waals surface area contributed by atoms with E-state index in [1.54, 1.807) is 31.3 Å². The Morgan fingerprint density at radius 3 is 2.90 bits per heavy atom. The van der Waals surface area contributed by atoms with Crippen LogP contribution in [0.3, 0.4) is 0 Å². The smallest absolute Gasteiger partial charge is 0.259 e. The third kappa shape index (κ3) is 3.58. The van der Waals surface area contributed by atoms with Crippen LogP contribution in [-0.4, -0.2) is 17.4 Å². The van der Waals surface area contributed by atoms with E-state index >= 15 is 0 Å². The lowest BCUT2D eigenvalue weighted by atomic mass is 10.1. The molecule has 0 radical (unpaired) electrons. The van der Waals surface area contributed by atoms with Crippen LogP contribution in [0.1, 0.15) is 22.8 Å². The highest BCUT2D eigenvalue weighted by Crippen LogP contribution is 2.25. The van der Waals surface area contributed by atoms with Crippen molar-refractivity contribution in [3.8, 4) is 0 Å². The van der Waals surface area contributed by atoms with Gasteiger partial charge >= 0.3 is 0 Å². The van der Waals surface area contributed by atoms with Crippen LogP contribution in [0.15, 0.2) is 34.9 Å². The van der Waals surface area contributed by atoms with Gasteiger partial charge in [-0.2, -0.15) is 0 Å². The molecule has 1 aromatic carbocycles. The number of benzene rings is 1. The van der Waals surface area contributed by atoms with Gasteiger partial charge in [0.1, 0.15) is 11.6 Å². The normalized spacial score (nSPS) is 10.3. The predicted molar refractivity (Wildman–Crippen MR) is 85.2 cm³/mol. The molecule has 0 aliphatic heterocycles. The summed E-state index contributed by atoms with van der Waals surface area (Å²) in [5, 5.41) is 5.81. The van der Waals surface area contributed by atoms with Crippen LogP contribution in [0.25, 0.3) is 0 Å². The number of aryl methyl sites for hydroxylation is 1. The summed E-state index contributed by atoms with van der Waals surface area (Å²) in [6.45, 7) is 4.33. The molecular weight excluding hydrogens is 337 g/mol. The van der Waals surface area contributed by atoms with Crippen LogP contribution in [0, 0.1) is 12.7 Å². The number of nitrogens with zero attached hydrogens (tertiary/aromatic N) is 1. The highest BCUT2D eigenvalue weighted by molar-refractivity contribution is 9.10. The first-order chi connectivity index (χ1) is 10.0. The average molecular weight is 352 g/mol. The molecule has 0 bridgehead atoms. The van der Waals surface area contributed by atoms with Crippen LogP contribution in [0.4, 0.5) is 15.9 Å². The lowest BCUT2D eigenvalue weighted by Crippen LogP contribution is -2.16. The predicted octanol–water partition coefficient (Wildman–Crippen LogP) is 3.98. The van der Waals surface area contributed by atoms with Crippen molar-refractivity contribution in [2.75, 3.05) is 17.2 Å². The van der Waals surface area contributed by atoms with Crippen LogP contribution in [0.5, 0.6) is 0 Å². The maximum atomic E-state index is 13.4. The third-order valence-corrected chi connectivity index (χ3v) is 3.52. The van der Waals surface area contributed by atoms with E-state index in [-0.39, 0.29) is 11.7 Å². The van der Waals surface area contributed by atoms with Gasteiger partial charge in [-0.1, -0.05) is 0 Å². The molecular formula is C15H15BrFN3O. The molecule has 1 aromatic heterocycles. The van der Waals surface area contributed by atoms with Crippen molar-refractivity contribution in [1.29, 1.82) is 0 Å². The van der Waals surface area contributed by atoms with Crippen molar-refractivity contribution < 1.29 is 9.18 Å². The van der Waals surface area contributed by atoms with Crippen molar-refractivity contribution in [3.05, 3.63) is 51.9 Å². The molecule has 6 heteroatoms. The molecule has 0 atom stereocenters. The summed E-state index contributed by atoms with van der Waals surface area (Å²) in [7, 11) is 0. The molecule has 0 saturated carbocycles. The van der Waals surface area contributed by atoms with Gasteiger partial charge in [0.2, 0.25) is 0 Å². The van der Waals surface area contributed by atoms with Crippen molar-refractivity contribution in [2.24, 2.45) is 0 Å². The fraction of sp³-hybridized carbons (Fsp3) is 0.200. The lowest BCUT2D eigenvalue weighted by Gasteiger charge is -2.12. The quantitative estimate of drug-likeness (QED) is 0.875. The molecule has 0 saturated heterocycles. The molecule has 0 fully saturated rings. The number of hydrogen-bond donors (Lipinski definition) is 2. The fourth-order valence-corrected chi connectivity index (χ4v) is 2.21. The van der Waals surface area contributed by atoms with Gasteiger partial charge in [-0.05, 0) is 59.6 Å². The van der Waals surface area contributed by atoms with Crippen LogP contribution < -0.4 is 10.6 Å². The molecule has 21 heavy (non-hydrogen) atoms. The van der Waals surface area contributed by atoms with Gasteiger partial charge in [0, 0.05) is 18.4 Å². The number of nitrogens with one attached hydrogen (secondary N) is 2. The van der Waals surface area contributed by atoms with Gasteiger partial charge in [0.15, 0.2) is 0 Å². The first-order valence-corrected chi connectivity index (χ1v) is 7.28. The summed E-state index contributed by atoms with van der Waals surface area (Å²) < 4.78 is 13.7. The number of rotatable bonds is 4. The zero-order valence-electron chi connectivity index (χ0n) is 11.7. The number of aromatic nitrogens is 1. The molecule has 2 aromatic rings. The van der Waals surface area contributed by atoms with Gasteiger partial charge in [0.25, 0.3) is 5.91 Å². The van der Waals surface area contributed by atoms with Crippen LogP contribution in [-0.2, 0) is 0 Å². The van der Waals surface area contributed by atoms with E-state index in [0.717, 1.165) is 0 Å². The Morgan fingerprint density at radius 2 is 2.19 bits per heavy atom. The molecule has 1 amide bonds. The SMILES string of the molecule is CCNc1ncccc1C(=O)Nc1cc(Br)c(F)cc1C. The lowest BCUT2D eigenvalue weighted by molar-refractivity contribution is 0.102. The molecule has 2 rings (SSSR count). The number of carbonyl (C=O) groups is 1. The van der Waals surface area contributed by atoms with E-state index in [4.69, 9.17) is 0 Å². The van der Waals surface area contributed by atoms with Gasteiger partial charge in [0.05, 0.1) is 10.0 Å². The standard InChI is InChI=1S/C15H15BrFN3O/c1-3-18-14-10(5-4-6-19-14)15(21)20-13-8-11(16)12(17)7-9(13)2/h4-8H,3H2,1-2H3,(H,18,19)(H,20,21). The summed E-state index contributed by atoms with van der Waals surface area (Å²) in [5.74, 6) is -0.128. The van der Waals surface area contributed by atoms with Crippen molar-refractivity contribution in [3.63, 3.8) is 0 Å². The van der Waals surface area contributed by atoms with E-state index in [0.29, 0.717) is 33.6 Å². The number of hydrogen-bond acceptors (Lipinski definition) is 3. The Kier molecular flexibility index (Phi) is 4.90. The second kappa shape index (κ2) is 6.67. The largest absolute Gasteiger partial charge is 0.370 e.